The van der Waals surface area contributed by atoms with E-state index >= 15 is 0 Å². The Balaban J connectivity index is 1.78. The first kappa shape index (κ1) is 15.3. The number of aliphatic imine (C=N–C) groups is 1. The summed E-state index contributed by atoms with van der Waals surface area (Å²) in [7, 11) is 0. The van der Waals surface area contributed by atoms with Gasteiger partial charge in [0.2, 0.25) is 0 Å². The van der Waals surface area contributed by atoms with Gasteiger partial charge in [0.15, 0.2) is 0 Å². The summed E-state index contributed by atoms with van der Waals surface area (Å²) in [6.07, 6.45) is 5.02. The monoisotopic (exact) mass is 396 g/mol. The standard InChI is InChI=1S/C18H25IN2/c1-17(2)12-8-9-18(17,3)13(10-12)11-16(20)21-15-7-5-4-6-14(15)19/h4-7,12-13H,8-11H2,1-3H3,(H2,20,21). The maximum absolute atomic E-state index is 6.28. The van der Waals surface area contributed by atoms with E-state index in [4.69, 9.17) is 5.73 Å². The van der Waals surface area contributed by atoms with E-state index in [1.807, 2.05) is 18.2 Å². The molecule has 0 amide bonds. The fraction of sp³-hybridized carbons (Fsp3) is 0.611. The Labute approximate surface area is 141 Å². The van der Waals surface area contributed by atoms with Crippen LogP contribution in [0.2, 0.25) is 0 Å². The van der Waals surface area contributed by atoms with Crippen LogP contribution >= 0.6 is 22.6 Å². The van der Waals surface area contributed by atoms with Crippen molar-refractivity contribution in [2.45, 2.75) is 46.5 Å². The molecular formula is C18H25IN2. The number of nitrogens with zero attached hydrogens (tertiary/aromatic N) is 1. The molecule has 2 bridgehead atoms. The molecule has 0 saturated heterocycles. The lowest BCUT2D eigenvalue weighted by molar-refractivity contribution is 0.106. The molecule has 2 nitrogen and oxygen atoms in total. The number of hydrogen-bond acceptors (Lipinski definition) is 1. The quantitative estimate of drug-likeness (QED) is 0.429. The second kappa shape index (κ2) is 5.25. The summed E-state index contributed by atoms with van der Waals surface area (Å²) >= 11 is 2.32. The van der Waals surface area contributed by atoms with E-state index in [1.165, 1.54) is 19.3 Å². The maximum Gasteiger partial charge on any atom is 0.0999 e. The average Bonchev–Trinajstić information content (AvgIpc) is 2.74. The Hall–Kier alpha value is -0.580. The third kappa shape index (κ3) is 2.41. The Morgan fingerprint density at radius 3 is 2.62 bits per heavy atom. The topological polar surface area (TPSA) is 38.4 Å². The van der Waals surface area contributed by atoms with Crippen molar-refractivity contribution >= 4 is 34.1 Å². The predicted molar refractivity (Wildman–Crippen MR) is 97.8 cm³/mol. The number of hydrogen-bond donors (Lipinski definition) is 1. The van der Waals surface area contributed by atoms with Crippen LogP contribution in [0.25, 0.3) is 0 Å². The number of fused-ring (bicyclic) bond motifs is 2. The minimum atomic E-state index is 0.432. The van der Waals surface area contributed by atoms with Crippen LogP contribution in [0, 0.1) is 26.2 Å². The van der Waals surface area contributed by atoms with Gasteiger partial charge in [0.25, 0.3) is 0 Å². The van der Waals surface area contributed by atoms with Gasteiger partial charge in [-0.2, -0.15) is 0 Å². The van der Waals surface area contributed by atoms with Crippen molar-refractivity contribution in [3.8, 4) is 0 Å². The van der Waals surface area contributed by atoms with Crippen LogP contribution < -0.4 is 5.73 Å². The fourth-order valence-corrected chi connectivity index (χ4v) is 5.18. The Morgan fingerprint density at radius 2 is 2.05 bits per heavy atom. The van der Waals surface area contributed by atoms with Gasteiger partial charge in [-0.25, -0.2) is 4.99 Å². The molecule has 0 radical (unpaired) electrons. The summed E-state index contributed by atoms with van der Waals surface area (Å²) in [5.74, 6) is 2.36. The largest absolute Gasteiger partial charge is 0.387 e. The molecule has 0 aromatic heterocycles. The van der Waals surface area contributed by atoms with Crippen molar-refractivity contribution in [2.24, 2.45) is 33.4 Å². The zero-order valence-corrected chi connectivity index (χ0v) is 15.4. The second-order valence-corrected chi connectivity index (χ2v) is 8.73. The number of benzene rings is 1. The van der Waals surface area contributed by atoms with Crippen molar-refractivity contribution in [2.75, 3.05) is 0 Å². The Bertz CT molecular complexity index is 578. The predicted octanol–water partition coefficient (Wildman–Crippen LogP) is 5.13. The summed E-state index contributed by atoms with van der Waals surface area (Å²) < 4.78 is 1.16. The first-order chi connectivity index (χ1) is 9.84. The molecule has 2 saturated carbocycles. The normalized spacial score (nSPS) is 34.4. The van der Waals surface area contributed by atoms with Gasteiger partial charge < -0.3 is 5.73 Å². The third-order valence-corrected chi connectivity index (χ3v) is 7.46. The van der Waals surface area contributed by atoms with Crippen molar-refractivity contribution < 1.29 is 0 Å². The highest BCUT2D eigenvalue weighted by molar-refractivity contribution is 14.1. The zero-order valence-electron chi connectivity index (χ0n) is 13.2. The number of para-hydroxylation sites is 1. The molecule has 0 heterocycles. The minimum absolute atomic E-state index is 0.432. The molecule has 2 aliphatic carbocycles. The molecule has 3 unspecified atom stereocenters. The van der Waals surface area contributed by atoms with Crippen LogP contribution in [0.3, 0.4) is 0 Å². The van der Waals surface area contributed by atoms with Gasteiger partial charge in [-0.3, -0.25) is 0 Å². The van der Waals surface area contributed by atoms with Crippen LogP contribution in [0.1, 0.15) is 46.5 Å². The van der Waals surface area contributed by atoms with Gasteiger partial charge in [-0.1, -0.05) is 32.9 Å². The smallest absolute Gasteiger partial charge is 0.0999 e. The molecular weight excluding hydrogens is 371 g/mol. The van der Waals surface area contributed by atoms with Crippen molar-refractivity contribution in [3.63, 3.8) is 0 Å². The van der Waals surface area contributed by atoms with Crippen LogP contribution in [-0.4, -0.2) is 5.84 Å². The summed E-state index contributed by atoms with van der Waals surface area (Å²) in [6.45, 7) is 7.39. The van der Waals surface area contributed by atoms with E-state index in [9.17, 15) is 0 Å². The number of amidine groups is 1. The number of halogens is 1. The Kier molecular flexibility index (Phi) is 3.83. The number of nitrogens with two attached hydrogens (primary N) is 1. The number of rotatable bonds is 3. The van der Waals surface area contributed by atoms with Gasteiger partial charge in [-0.05, 0) is 76.7 Å². The average molecular weight is 396 g/mol. The second-order valence-electron chi connectivity index (χ2n) is 7.57. The minimum Gasteiger partial charge on any atom is -0.387 e. The summed E-state index contributed by atoms with van der Waals surface area (Å²) in [4.78, 5) is 4.67. The molecule has 21 heavy (non-hydrogen) atoms. The molecule has 2 N–H and O–H groups in total. The summed E-state index contributed by atoms with van der Waals surface area (Å²) in [6, 6.07) is 8.18. The van der Waals surface area contributed by atoms with E-state index < -0.39 is 0 Å². The molecule has 3 atom stereocenters. The lowest BCUT2D eigenvalue weighted by atomic mass is 9.66. The maximum atomic E-state index is 6.28. The zero-order chi connectivity index (χ0) is 15.3. The Morgan fingerprint density at radius 1 is 1.33 bits per heavy atom. The van der Waals surface area contributed by atoms with E-state index in [1.54, 1.807) is 0 Å². The van der Waals surface area contributed by atoms with E-state index in [-0.39, 0.29) is 0 Å². The first-order valence-electron chi connectivity index (χ1n) is 7.92. The lowest BCUT2D eigenvalue weighted by Crippen LogP contribution is -2.34. The molecule has 0 aliphatic heterocycles. The summed E-state index contributed by atoms with van der Waals surface area (Å²) in [5.41, 5.74) is 8.17. The van der Waals surface area contributed by atoms with Gasteiger partial charge in [0.1, 0.15) is 0 Å². The molecule has 0 spiro atoms. The van der Waals surface area contributed by atoms with Crippen molar-refractivity contribution in [3.05, 3.63) is 27.8 Å². The van der Waals surface area contributed by atoms with Crippen molar-refractivity contribution in [1.29, 1.82) is 0 Å². The van der Waals surface area contributed by atoms with E-state index in [2.05, 4.69) is 54.4 Å². The highest BCUT2D eigenvalue weighted by Crippen LogP contribution is 2.68. The molecule has 2 fully saturated rings. The van der Waals surface area contributed by atoms with Crippen molar-refractivity contribution in [1.82, 2.24) is 0 Å². The van der Waals surface area contributed by atoms with Gasteiger partial charge in [0.05, 0.1) is 11.5 Å². The van der Waals surface area contributed by atoms with Gasteiger partial charge in [-0.15, -0.1) is 0 Å². The molecule has 114 valence electrons. The molecule has 1 aromatic rings. The summed E-state index contributed by atoms with van der Waals surface area (Å²) in [5, 5.41) is 0. The van der Waals surface area contributed by atoms with Crippen LogP contribution in [0.4, 0.5) is 5.69 Å². The van der Waals surface area contributed by atoms with Crippen LogP contribution in [-0.2, 0) is 0 Å². The molecule has 3 rings (SSSR count). The van der Waals surface area contributed by atoms with Crippen LogP contribution in [0.15, 0.2) is 29.3 Å². The third-order valence-electron chi connectivity index (χ3n) is 6.55. The highest BCUT2D eigenvalue weighted by Gasteiger charge is 2.60. The van der Waals surface area contributed by atoms with E-state index in [0.717, 1.165) is 27.4 Å². The highest BCUT2D eigenvalue weighted by atomic mass is 127. The van der Waals surface area contributed by atoms with Crippen LogP contribution in [0.5, 0.6) is 0 Å². The fourth-order valence-electron chi connectivity index (χ4n) is 4.67. The first-order valence-corrected chi connectivity index (χ1v) is 9.00. The molecule has 2 aliphatic rings. The molecule has 3 heteroatoms. The van der Waals surface area contributed by atoms with E-state index in [0.29, 0.717) is 16.7 Å². The van der Waals surface area contributed by atoms with Gasteiger partial charge >= 0.3 is 0 Å². The lowest BCUT2D eigenvalue weighted by Gasteiger charge is -2.39. The van der Waals surface area contributed by atoms with Gasteiger partial charge in [0, 0.05) is 9.99 Å². The molecule has 1 aromatic carbocycles. The SMILES string of the molecule is CC1(C)C2CCC1(C)C(CC(N)=Nc1ccccc1I)C2.